The smallest absolute Gasteiger partial charge is 0.356 e. The quantitative estimate of drug-likeness (QED) is 0.731. The van der Waals surface area contributed by atoms with Crippen LogP contribution in [0.5, 0.6) is 0 Å². The maximum Gasteiger partial charge on any atom is 0.356 e. The van der Waals surface area contributed by atoms with Crippen LogP contribution in [0, 0.1) is 0 Å². The van der Waals surface area contributed by atoms with E-state index in [1.807, 2.05) is 16.7 Å². The Balaban J connectivity index is 2.55. The number of carboxylic acid groups (broad SMARTS) is 1. The van der Waals surface area contributed by atoms with Crippen molar-refractivity contribution in [2.45, 2.75) is 6.54 Å². The number of aromatic carboxylic acids is 1. The van der Waals surface area contributed by atoms with Crippen LogP contribution in [0.1, 0.15) is 10.5 Å². The van der Waals surface area contributed by atoms with Gasteiger partial charge < -0.3 is 9.67 Å². The predicted octanol–water partition coefficient (Wildman–Crippen LogP) is 1.53. The van der Waals surface area contributed by atoms with Gasteiger partial charge in [0, 0.05) is 12.6 Å². The molecule has 2 aromatic heterocycles. The number of carbonyl (C=O) groups is 1. The first kappa shape index (κ1) is 12.2. The summed E-state index contributed by atoms with van der Waals surface area (Å²) in [5, 5.41) is 13.4. The molecule has 100 valence electrons. The molecule has 3 rings (SSSR count). The number of hydrogen-bond donors (Lipinski definition) is 1. The first-order chi connectivity index (χ1) is 9.63. The second-order valence-electron chi connectivity index (χ2n) is 4.33. The Bertz CT molecular complexity index is 905. The van der Waals surface area contributed by atoms with Gasteiger partial charge in [0.05, 0.1) is 10.9 Å². The highest BCUT2D eigenvalue weighted by Crippen LogP contribution is 2.15. The Morgan fingerprint density at radius 3 is 2.85 bits per heavy atom. The fraction of sp³-hybridized carbons (Fsp3) is 0.0714. The van der Waals surface area contributed by atoms with Gasteiger partial charge >= 0.3 is 5.97 Å². The van der Waals surface area contributed by atoms with Crippen molar-refractivity contribution in [1.82, 2.24) is 14.2 Å². The molecule has 0 bridgehead atoms. The van der Waals surface area contributed by atoms with Gasteiger partial charge in [0.25, 0.3) is 5.56 Å². The molecule has 0 aliphatic heterocycles. The molecule has 3 aromatic rings. The molecule has 1 N–H and O–H groups in total. The highest BCUT2D eigenvalue weighted by atomic mass is 16.4. The third-order valence-corrected chi connectivity index (χ3v) is 3.12. The lowest BCUT2D eigenvalue weighted by Crippen LogP contribution is -2.19. The number of fused-ring (bicyclic) bond motifs is 2. The summed E-state index contributed by atoms with van der Waals surface area (Å²) in [5.41, 5.74) is 0.673. The van der Waals surface area contributed by atoms with Crippen molar-refractivity contribution in [1.29, 1.82) is 0 Å². The molecule has 1 aromatic carbocycles. The Hall–Kier alpha value is -2.89. The van der Waals surface area contributed by atoms with Crippen molar-refractivity contribution < 1.29 is 9.90 Å². The zero-order valence-corrected chi connectivity index (χ0v) is 10.5. The minimum Gasteiger partial charge on any atom is -0.476 e. The number of benzene rings is 1. The Morgan fingerprint density at radius 1 is 1.40 bits per heavy atom. The van der Waals surface area contributed by atoms with Crippen LogP contribution in [0.4, 0.5) is 0 Å². The molecular weight excluding hydrogens is 258 g/mol. The largest absolute Gasteiger partial charge is 0.476 e. The highest BCUT2D eigenvalue weighted by Gasteiger charge is 2.15. The van der Waals surface area contributed by atoms with Crippen LogP contribution < -0.4 is 5.56 Å². The van der Waals surface area contributed by atoms with Crippen LogP contribution in [-0.2, 0) is 6.54 Å². The standard InChI is InChI=1S/C14H11N3O3/c1-2-7-16-11-6-4-3-5-9(11)13(18)17-12(16)8-10(15-17)14(19)20/h2-6,8H,1,7H2,(H,19,20). The molecule has 6 nitrogen and oxygen atoms in total. The number of nitrogens with zero attached hydrogens (tertiary/aromatic N) is 3. The van der Waals surface area contributed by atoms with E-state index in [0.717, 1.165) is 10.0 Å². The highest BCUT2D eigenvalue weighted by molar-refractivity contribution is 5.88. The van der Waals surface area contributed by atoms with Gasteiger partial charge in [0.2, 0.25) is 0 Å². The normalized spacial score (nSPS) is 11.0. The van der Waals surface area contributed by atoms with Crippen LogP contribution in [0.25, 0.3) is 16.6 Å². The van der Waals surface area contributed by atoms with Crippen LogP contribution in [0.15, 0.2) is 47.8 Å². The van der Waals surface area contributed by atoms with Crippen molar-refractivity contribution in [2.75, 3.05) is 0 Å². The Labute approximate surface area is 113 Å². The lowest BCUT2D eigenvalue weighted by molar-refractivity contribution is 0.0690. The zero-order chi connectivity index (χ0) is 14.3. The summed E-state index contributed by atoms with van der Waals surface area (Å²) in [6.45, 7) is 4.14. The number of rotatable bonds is 3. The summed E-state index contributed by atoms with van der Waals surface area (Å²) < 4.78 is 2.93. The molecule has 2 heterocycles. The van der Waals surface area contributed by atoms with E-state index in [9.17, 15) is 9.59 Å². The van der Waals surface area contributed by atoms with Gasteiger partial charge in [0.1, 0.15) is 5.65 Å². The first-order valence-corrected chi connectivity index (χ1v) is 5.99. The monoisotopic (exact) mass is 269 g/mol. The summed E-state index contributed by atoms with van der Waals surface area (Å²) in [4.78, 5) is 23.4. The fourth-order valence-electron chi connectivity index (χ4n) is 2.27. The summed E-state index contributed by atoms with van der Waals surface area (Å²) in [5.74, 6) is -1.16. The topological polar surface area (TPSA) is 76.6 Å². The maximum atomic E-state index is 12.3. The molecule has 0 saturated heterocycles. The molecule has 0 aliphatic rings. The first-order valence-electron chi connectivity index (χ1n) is 5.99. The number of hydrogen-bond acceptors (Lipinski definition) is 3. The van der Waals surface area contributed by atoms with Crippen LogP contribution in [-0.4, -0.2) is 25.3 Å². The van der Waals surface area contributed by atoms with Crippen molar-refractivity contribution in [2.24, 2.45) is 0 Å². The Kier molecular flexibility index (Phi) is 2.64. The van der Waals surface area contributed by atoms with Crippen molar-refractivity contribution in [3.05, 3.63) is 59.0 Å². The van der Waals surface area contributed by atoms with Gasteiger partial charge in [-0.15, -0.1) is 6.58 Å². The van der Waals surface area contributed by atoms with Gasteiger partial charge in [-0.25, -0.2) is 4.79 Å². The van der Waals surface area contributed by atoms with E-state index in [4.69, 9.17) is 5.11 Å². The second kappa shape index (κ2) is 4.34. The molecule has 0 fully saturated rings. The van der Waals surface area contributed by atoms with Crippen LogP contribution >= 0.6 is 0 Å². The van der Waals surface area contributed by atoms with E-state index in [2.05, 4.69) is 11.7 Å². The van der Waals surface area contributed by atoms with E-state index >= 15 is 0 Å². The van der Waals surface area contributed by atoms with E-state index < -0.39 is 5.97 Å². The lowest BCUT2D eigenvalue weighted by atomic mass is 10.2. The Morgan fingerprint density at radius 2 is 2.15 bits per heavy atom. The number of aromatic nitrogens is 3. The van der Waals surface area contributed by atoms with Crippen molar-refractivity contribution in [3.63, 3.8) is 0 Å². The number of allylic oxidation sites excluding steroid dienone is 1. The fourth-order valence-corrected chi connectivity index (χ4v) is 2.27. The summed E-state index contributed by atoms with van der Waals surface area (Å²) in [7, 11) is 0. The van der Waals surface area contributed by atoms with Gasteiger partial charge in [-0.3, -0.25) is 4.79 Å². The minimum absolute atomic E-state index is 0.157. The summed E-state index contributed by atoms with van der Waals surface area (Å²) >= 11 is 0. The van der Waals surface area contributed by atoms with E-state index in [1.54, 1.807) is 18.2 Å². The molecule has 20 heavy (non-hydrogen) atoms. The molecule has 0 radical (unpaired) electrons. The molecule has 0 spiro atoms. The molecule has 0 saturated carbocycles. The van der Waals surface area contributed by atoms with Gasteiger partial charge in [-0.1, -0.05) is 18.2 Å². The van der Waals surface area contributed by atoms with Crippen molar-refractivity contribution in [3.8, 4) is 0 Å². The SMILES string of the molecule is C=CCn1c2ccccc2c(=O)n2nc(C(=O)O)cc12. The van der Waals surface area contributed by atoms with E-state index in [0.29, 0.717) is 17.6 Å². The lowest BCUT2D eigenvalue weighted by Gasteiger charge is -2.10. The molecule has 6 heteroatoms. The van der Waals surface area contributed by atoms with Crippen LogP contribution in [0.2, 0.25) is 0 Å². The van der Waals surface area contributed by atoms with Gasteiger partial charge in [0.15, 0.2) is 5.69 Å². The number of carboxylic acids is 1. The van der Waals surface area contributed by atoms with Crippen molar-refractivity contribution >= 4 is 22.5 Å². The predicted molar refractivity (Wildman–Crippen MR) is 74.1 cm³/mol. The van der Waals surface area contributed by atoms with Gasteiger partial charge in [-0.05, 0) is 12.1 Å². The van der Waals surface area contributed by atoms with Gasteiger partial charge in [-0.2, -0.15) is 9.61 Å². The molecule has 0 amide bonds. The number of para-hydroxylation sites is 1. The summed E-state index contributed by atoms with van der Waals surface area (Å²) in [6, 6.07) is 8.48. The molecular formula is C14H11N3O3. The molecule has 0 atom stereocenters. The zero-order valence-electron chi connectivity index (χ0n) is 10.5. The minimum atomic E-state index is -1.16. The maximum absolute atomic E-state index is 12.3. The summed E-state index contributed by atoms with van der Waals surface area (Å²) in [6.07, 6.45) is 1.68. The molecule has 0 aliphatic carbocycles. The average molecular weight is 269 g/mol. The third kappa shape index (κ3) is 1.62. The van der Waals surface area contributed by atoms with Crippen LogP contribution in [0.3, 0.4) is 0 Å². The average Bonchev–Trinajstić information content (AvgIpc) is 2.89. The second-order valence-corrected chi connectivity index (χ2v) is 4.33. The van der Waals surface area contributed by atoms with E-state index in [1.165, 1.54) is 6.07 Å². The van der Waals surface area contributed by atoms with E-state index in [-0.39, 0.29) is 11.3 Å². The molecule has 0 unspecified atom stereocenters. The third-order valence-electron chi connectivity index (χ3n) is 3.12.